The van der Waals surface area contributed by atoms with Gasteiger partial charge >= 0.3 is 21.7 Å². The average Bonchev–Trinajstić information content (AvgIpc) is 3.24. The monoisotopic (exact) mass is 796 g/mol. The van der Waals surface area contributed by atoms with Gasteiger partial charge in [-0.05, 0) is 109 Å². The molecule has 0 aromatic heterocycles. The summed E-state index contributed by atoms with van der Waals surface area (Å²) in [5.74, 6) is 4.36. The van der Waals surface area contributed by atoms with E-state index in [1.807, 2.05) is 0 Å². The molecule has 0 aliphatic heterocycles. The number of hydrogen-bond acceptors (Lipinski definition) is 6. The summed E-state index contributed by atoms with van der Waals surface area (Å²) in [6, 6.07) is 6.67. The first-order valence-electron chi connectivity index (χ1n) is 15.7. The predicted molar refractivity (Wildman–Crippen MR) is 192 cm³/mol. The van der Waals surface area contributed by atoms with Crippen molar-refractivity contribution in [3.05, 3.63) is 73.8 Å². The van der Waals surface area contributed by atoms with Crippen LogP contribution in [-0.4, -0.2) is 50.7 Å². The van der Waals surface area contributed by atoms with Crippen molar-refractivity contribution < 1.29 is 87.4 Å². The van der Waals surface area contributed by atoms with E-state index in [0.717, 1.165) is 33.9 Å². The second-order valence-corrected chi connectivity index (χ2v) is 16.0. The first-order valence-corrected chi connectivity index (χ1v) is 17.7. The molecule has 0 radical (unpaired) electrons. The third-order valence-electron chi connectivity index (χ3n) is 10.7. The molecule has 0 aliphatic rings. The molecule has 0 atom stereocenters. The molecule has 0 fully saturated rings. The van der Waals surface area contributed by atoms with Gasteiger partial charge in [-0.15, -0.1) is 0 Å². The molecule has 0 heterocycles. The molecule has 4 rings (SSSR count). The van der Waals surface area contributed by atoms with Crippen LogP contribution >= 0.6 is 0 Å². The Balaban J connectivity index is 0.00000600. The normalized spacial score (nSPS) is 10.6. The van der Waals surface area contributed by atoms with Crippen LogP contribution in [0.5, 0.6) is 34.5 Å². The molecule has 0 saturated heterocycles. The second kappa shape index (κ2) is 18.4. The molecule has 0 spiro atoms. The number of benzene rings is 3. The Kier molecular flexibility index (Phi) is 17.5. The van der Waals surface area contributed by atoms with Crippen LogP contribution in [-0.2, 0) is 21.7 Å². The van der Waals surface area contributed by atoms with Gasteiger partial charge in [0.05, 0.1) is 42.7 Å². The molecule has 11 heteroatoms. The molecule has 0 unspecified atom stereocenters. The predicted octanol–water partition coefficient (Wildman–Crippen LogP) is -3.07. The van der Waals surface area contributed by atoms with E-state index in [1.54, 1.807) is 42.7 Å². The van der Waals surface area contributed by atoms with Crippen LogP contribution in [0.2, 0.25) is 0 Å². The van der Waals surface area contributed by atoms with Crippen molar-refractivity contribution in [2.24, 2.45) is 0 Å². The zero-order valence-electron chi connectivity index (χ0n) is 32.3. The largest absolute Gasteiger partial charge is 4.00 e. The van der Waals surface area contributed by atoms with Crippen LogP contribution in [0.15, 0.2) is 18.2 Å². The molecule has 272 valence electrons. The molecule has 0 aliphatic carbocycles. The summed E-state index contributed by atoms with van der Waals surface area (Å²) in [6.45, 7) is 22.1. The van der Waals surface area contributed by atoms with E-state index in [1.165, 1.54) is 59.7 Å². The Hall–Kier alpha value is -2.39. The van der Waals surface area contributed by atoms with Gasteiger partial charge in [0.1, 0.15) is 0 Å². The molecule has 0 N–H and O–H groups in total. The second-order valence-electron chi connectivity index (χ2n) is 12.4. The molecule has 50 heavy (non-hydrogen) atoms. The minimum absolute atomic E-state index is 0. The van der Waals surface area contributed by atoms with E-state index in [-0.39, 0.29) is 58.9 Å². The van der Waals surface area contributed by atoms with Gasteiger partial charge in [0.15, 0.2) is 42.6 Å². The van der Waals surface area contributed by atoms with Crippen molar-refractivity contribution in [2.75, 3.05) is 42.7 Å². The molecule has 6 nitrogen and oxygen atoms in total. The standard InChI is InChI=1S/C39H51O6Si.3ClH.Ti/c1-20-21(2)29(10)39(28(20)9)46(33-17-30(40-11)36(43-14)25(6)22(33)3,34-18-31(41-12)37(44-15)26(7)23(34)4)35-19-32(42-13)38(45-16)27(8)24(35)5;;;;/h17-19H,1-16H3;3*1H;/q-1;;;;+4/p-3. The van der Waals surface area contributed by atoms with E-state index >= 15 is 0 Å². The van der Waals surface area contributed by atoms with Crippen LogP contribution in [0.1, 0.15) is 55.6 Å². The maximum atomic E-state index is 6.08. The van der Waals surface area contributed by atoms with Gasteiger partial charge in [-0.25, -0.2) is 0 Å². The topological polar surface area (TPSA) is 55.4 Å². The Morgan fingerprint density at radius 2 is 0.700 bits per heavy atom. The SMILES string of the molecule is COc1cc([Si](c2cc(OC)c(OC)c(C)c2C)(c2cc(OC)c(OC)c(C)c2C)c2c(C)c(C)c(C)[c-]2C)c(C)c(C)c1OC.[Cl-].[Cl-].[Cl-].[Ti+4]. The van der Waals surface area contributed by atoms with E-state index in [0.29, 0.717) is 17.2 Å². The number of ether oxygens (including phenoxy) is 6. The maximum Gasteiger partial charge on any atom is 4.00 e. The molecular weight excluding hydrogens is 747 g/mol. The number of hydrogen-bond donors (Lipinski definition) is 0. The van der Waals surface area contributed by atoms with E-state index in [9.17, 15) is 0 Å². The maximum absolute atomic E-state index is 6.08. The van der Waals surface area contributed by atoms with Gasteiger partial charge in [-0.3, -0.25) is 0 Å². The third kappa shape index (κ3) is 7.03. The van der Waals surface area contributed by atoms with Gasteiger partial charge in [0.2, 0.25) is 0 Å². The first kappa shape index (κ1) is 47.6. The van der Waals surface area contributed by atoms with Crippen molar-refractivity contribution in [3.63, 3.8) is 0 Å². The fourth-order valence-electron chi connectivity index (χ4n) is 7.59. The Bertz CT molecular complexity index is 1650. The summed E-state index contributed by atoms with van der Waals surface area (Å²) in [5.41, 5.74) is 11.9. The first-order chi connectivity index (χ1) is 21.7. The fourth-order valence-corrected chi connectivity index (χ4v) is 14.1. The molecule has 0 amide bonds. The van der Waals surface area contributed by atoms with Crippen molar-refractivity contribution in [2.45, 2.75) is 69.2 Å². The summed E-state index contributed by atoms with van der Waals surface area (Å²) < 4.78 is 36.1. The van der Waals surface area contributed by atoms with Crippen LogP contribution in [0.4, 0.5) is 0 Å². The van der Waals surface area contributed by atoms with Crippen molar-refractivity contribution >= 4 is 28.8 Å². The van der Waals surface area contributed by atoms with Crippen LogP contribution in [0.25, 0.3) is 0 Å². The van der Waals surface area contributed by atoms with Gasteiger partial charge in [0, 0.05) is 0 Å². The summed E-state index contributed by atoms with van der Waals surface area (Å²) in [7, 11) is 6.97. The summed E-state index contributed by atoms with van der Waals surface area (Å²) in [6.07, 6.45) is 0. The van der Waals surface area contributed by atoms with Crippen LogP contribution in [0, 0.1) is 69.2 Å². The molecular formula is C39H51Cl3O6SiTi. The molecule has 4 aromatic rings. The van der Waals surface area contributed by atoms with Crippen molar-refractivity contribution in [1.29, 1.82) is 0 Å². The van der Waals surface area contributed by atoms with E-state index in [2.05, 4.69) is 87.4 Å². The zero-order chi connectivity index (χ0) is 34.4. The summed E-state index contributed by atoms with van der Waals surface area (Å²) >= 11 is 0. The quantitative estimate of drug-likeness (QED) is 0.0967. The Labute approximate surface area is 334 Å². The smallest absolute Gasteiger partial charge is 1.00 e. The summed E-state index contributed by atoms with van der Waals surface area (Å²) in [4.78, 5) is 0. The fraction of sp³-hybridized carbons (Fsp3) is 0.410. The Morgan fingerprint density at radius 1 is 0.420 bits per heavy atom. The average molecular weight is 798 g/mol. The van der Waals surface area contributed by atoms with Crippen molar-refractivity contribution in [3.8, 4) is 34.5 Å². The van der Waals surface area contributed by atoms with Gasteiger partial charge in [-0.2, -0.15) is 27.4 Å². The number of methoxy groups -OCH3 is 6. The molecule has 4 aromatic carbocycles. The minimum atomic E-state index is -3.28. The minimum Gasteiger partial charge on any atom is -1.00 e. The Morgan fingerprint density at radius 3 is 0.900 bits per heavy atom. The molecule has 0 bridgehead atoms. The zero-order valence-corrected chi connectivity index (χ0v) is 37.1. The van der Waals surface area contributed by atoms with Crippen molar-refractivity contribution in [1.82, 2.24) is 0 Å². The number of halogens is 3. The van der Waals surface area contributed by atoms with Gasteiger partial charge < -0.3 is 65.6 Å². The van der Waals surface area contributed by atoms with E-state index in [4.69, 9.17) is 28.4 Å². The third-order valence-corrected chi connectivity index (χ3v) is 16.2. The van der Waals surface area contributed by atoms with E-state index < -0.39 is 8.07 Å². The summed E-state index contributed by atoms with van der Waals surface area (Å²) in [5, 5.41) is 5.04. The van der Waals surface area contributed by atoms with Gasteiger partial charge in [0.25, 0.3) is 0 Å². The van der Waals surface area contributed by atoms with Crippen LogP contribution < -0.4 is 86.4 Å². The van der Waals surface area contributed by atoms with Crippen LogP contribution in [0.3, 0.4) is 0 Å². The van der Waals surface area contributed by atoms with Gasteiger partial charge in [-0.1, -0.05) is 27.7 Å². The molecule has 0 saturated carbocycles. The number of rotatable bonds is 10.